The maximum absolute atomic E-state index is 13.9. The second-order valence-corrected chi connectivity index (χ2v) is 11.3. The summed E-state index contributed by atoms with van der Waals surface area (Å²) in [5, 5.41) is 6.89. The van der Waals surface area contributed by atoms with Gasteiger partial charge in [0, 0.05) is 37.0 Å². The smallest absolute Gasteiger partial charge is 0.258 e. The lowest BCUT2D eigenvalue weighted by Crippen LogP contribution is -2.58. The number of pyridine rings is 1. The molecule has 3 aromatic carbocycles. The van der Waals surface area contributed by atoms with Crippen molar-refractivity contribution in [2.45, 2.75) is 45.9 Å². The molecule has 0 radical (unpaired) electrons. The molecule has 3 aliphatic heterocycles. The summed E-state index contributed by atoms with van der Waals surface area (Å²) in [7, 11) is 0. The van der Waals surface area contributed by atoms with Crippen LogP contribution in [0.3, 0.4) is 0 Å². The molecule has 3 aliphatic rings. The zero-order chi connectivity index (χ0) is 30.1. The van der Waals surface area contributed by atoms with Gasteiger partial charge in [-0.15, -0.1) is 0 Å². The van der Waals surface area contributed by atoms with Crippen LogP contribution < -0.4 is 20.1 Å². The quantitative estimate of drug-likeness (QED) is 0.349. The molecular weight excluding hydrogens is 544 g/mol. The minimum absolute atomic E-state index is 0.128. The molecule has 1 fully saturated rings. The summed E-state index contributed by atoms with van der Waals surface area (Å²) in [6.07, 6.45) is 0.157. The zero-order valence-corrected chi connectivity index (χ0v) is 24.5. The van der Waals surface area contributed by atoms with Gasteiger partial charge in [0.1, 0.15) is 17.6 Å². The molecule has 43 heavy (non-hydrogen) atoms. The highest BCUT2D eigenvalue weighted by Gasteiger charge is 2.35. The van der Waals surface area contributed by atoms with E-state index >= 15 is 0 Å². The second kappa shape index (κ2) is 11.8. The summed E-state index contributed by atoms with van der Waals surface area (Å²) in [6.45, 7) is 6.64. The summed E-state index contributed by atoms with van der Waals surface area (Å²) in [5.41, 5.74) is 5.27. The highest BCUT2D eigenvalue weighted by molar-refractivity contribution is 5.99. The van der Waals surface area contributed by atoms with Gasteiger partial charge in [-0.2, -0.15) is 0 Å². The summed E-state index contributed by atoms with van der Waals surface area (Å²) < 4.78 is 12.2. The predicted octanol–water partition coefficient (Wildman–Crippen LogP) is 4.26. The predicted molar refractivity (Wildman–Crippen MR) is 162 cm³/mol. The Balaban J connectivity index is 1.30. The van der Waals surface area contributed by atoms with E-state index in [0.29, 0.717) is 47.8 Å². The van der Waals surface area contributed by atoms with E-state index in [1.807, 2.05) is 69.3 Å². The molecule has 9 nitrogen and oxygen atoms in total. The maximum atomic E-state index is 13.9. The van der Waals surface area contributed by atoms with Gasteiger partial charge in [0.2, 0.25) is 0 Å². The van der Waals surface area contributed by atoms with Crippen molar-refractivity contribution in [3.05, 3.63) is 100 Å². The first-order valence-corrected chi connectivity index (χ1v) is 14.5. The number of rotatable bonds is 1. The van der Waals surface area contributed by atoms with Crippen LogP contribution in [0, 0.1) is 20.8 Å². The van der Waals surface area contributed by atoms with Gasteiger partial charge >= 0.3 is 0 Å². The number of nitrogens with one attached hydrogen (secondary N) is 2. The van der Waals surface area contributed by atoms with Gasteiger partial charge in [0.05, 0.1) is 22.8 Å². The molecule has 2 atom stereocenters. The van der Waals surface area contributed by atoms with Crippen molar-refractivity contribution < 1.29 is 23.9 Å². The Kier molecular flexibility index (Phi) is 7.71. The van der Waals surface area contributed by atoms with Crippen LogP contribution in [0.4, 0.5) is 0 Å². The van der Waals surface area contributed by atoms with Crippen molar-refractivity contribution >= 4 is 28.6 Å². The number of aromatic nitrogens is 1. The Morgan fingerprint density at radius 3 is 2.60 bits per heavy atom. The molecule has 220 valence electrons. The lowest BCUT2D eigenvalue weighted by molar-refractivity contribution is -0.123. The van der Waals surface area contributed by atoms with Crippen LogP contribution in [-0.4, -0.2) is 59.4 Å². The molecule has 0 saturated carbocycles. The molecule has 1 aromatic heterocycles. The van der Waals surface area contributed by atoms with E-state index in [1.54, 1.807) is 23.1 Å². The van der Waals surface area contributed by atoms with Crippen LogP contribution in [0.2, 0.25) is 0 Å². The first-order valence-electron chi connectivity index (χ1n) is 14.5. The summed E-state index contributed by atoms with van der Waals surface area (Å²) in [4.78, 5) is 46.2. The number of piperidine rings is 1. The highest BCUT2D eigenvalue weighted by Crippen LogP contribution is 2.25. The summed E-state index contributed by atoms with van der Waals surface area (Å²) in [5.74, 6) is 0.396. The fourth-order valence-electron chi connectivity index (χ4n) is 5.58. The van der Waals surface area contributed by atoms with Crippen LogP contribution in [-0.2, 0) is 11.3 Å². The molecule has 4 heterocycles. The number of likely N-dealkylation sites (tertiary alicyclic amines) is 1. The number of fused-ring (bicyclic) bond motifs is 8. The fourth-order valence-corrected chi connectivity index (χ4v) is 5.58. The Bertz CT molecular complexity index is 1720. The van der Waals surface area contributed by atoms with Crippen LogP contribution in [0.5, 0.6) is 11.5 Å². The lowest BCUT2D eigenvalue weighted by atomic mass is 9.99. The van der Waals surface area contributed by atoms with Crippen molar-refractivity contribution in [1.29, 1.82) is 0 Å². The number of hydrogen-bond acceptors (Lipinski definition) is 6. The molecule has 4 aromatic rings. The van der Waals surface area contributed by atoms with E-state index in [1.165, 1.54) is 0 Å². The third kappa shape index (κ3) is 6.16. The van der Waals surface area contributed by atoms with Crippen molar-refractivity contribution in [3.63, 3.8) is 0 Å². The zero-order valence-electron chi connectivity index (χ0n) is 24.5. The van der Waals surface area contributed by atoms with Crippen molar-refractivity contribution in [1.82, 2.24) is 20.5 Å². The van der Waals surface area contributed by atoms with Crippen molar-refractivity contribution in [3.8, 4) is 11.5 Å². The number of benzene rings is 3. The summed E-state index contributed by atoms with van der Waals surface area (Å²) in [6, 6.07) is 20.1. The number of hydrogen-bond donors (Lipinski definition) is 2. The topological polar surface area (TPSA) is 110 Å². The SMILES string of the molecule is Cc1ccc2nc(C)c(C(=O)N3CC[C@@H]4Oc5ccc(cc5)CNC(=O)COc5cc(ccc5C)C(=O)N[C@H]4C3)cc2c1. The Morgan fingerprint density at radius 1 is 0.977 bits per heavy atom. The molecular formula is C34H34N4O5. The summed E-state index contributed by atoms with van der Waals surface area (Å²) >= 11 is 0. The average molecular weight is 579 g/mol. The van der Waals surface area contributed by atoms with Gasteiger partial charge in [0.15, 0.2) is 6.61 Å². The molecule has 0 spiro atoms. The largest absolute Gasteiger partial charge is 0.488 e. The molecule has 1 saturated heterocycles. The molecule has 0 aliphatic carbocycles. The monoisotopic (exact) mass is 578 g/mol. The van der Waals surface area contributed by atoms with E-state index < -0.39 is 6.04 Å². The van der Waals surface area contributed by atoms with Gasteiger partial charge in [-0.1, -0.05) is 29.8 Å². The Hall–Kier alpha value is -4.92. The van der Waals surface area contributed by atoms with Crippen LogP contribution in [0.15, 0.2) is 66.7 Å². The molecule has 9 heteroatoms. The Labute approximate surface area is 250 Å². The van der Waals surface area contributed by atoms with Gasteiger partial charge < -0.3 is 25.0 Å². The third-order valence-corrected chi connectivity index (χ3v) is 8.05. The number of nitrogens with zero attached hydrogens (tertiary/aromatic N) is 2. The minimum atomic E-state index is -0.481. The first kappa shape index (κ1) is 28.2. The number of carbonyl (C=O) groups excluding carboxylic acids is 3. The average Bonchev–Trinajstić information content (AvgIpc) is 3.00. The number of carbonyl (C=O) groups is 3. The standard InChI is InChI=1S/C34H34N4O5/c1-20-4-11-28-25(14-20)15-27(22(3)36-28)34(41)38-13-12-30-29(18-38)37-33(40)24-8-5-21(2)31(16-24)42-19-32(39)35-17-23-6-9-26(43-30)10-7-23/h4-11,14-16,29-30H,12-13,17-19H2,1-3H3,(H,35,39)(H,37,40)/t29-,30-/m0/s1. The van der Waals surface area contributed by atoms with E-state index in [0.717, 1.165) is 27.6 Å². The van der Waals surface area contributed by atoms with Crippen molar-refractivity contribution in [2.24, 2.45) is 0 Å². The van der Waals surface area contributed by atoms with Gasteiger partial charge in [-0.25, -0.2) is 0 Å². The Morgan fingerprint density at radius 2 is 1.79 bits per heavy atom. The molecule has 4 bridgehead atoms. The van der Waals surface area contributed by atoms with Gasteiger partial charge in [-0.05, 0) is 74.4 Å². The van der Waals surface area contributed by atoms with Crippen LogP contribution in [0.1, 0.15) is 49.5 Å². The third-order valence-electron chi connectivity index (χ3n) is 8.05. The molecule has 7 rings (SSSR count). The molecule has 0 unspecified atom stereocenters. The van der Waals surface area contributed by atoms with Gasteiger partial charge in [-0.3, -0.25) is 19.4 Å². The first-order chi connectivity index (χ1) is 20.7. The van der Waals surface area contributed by atoms with Crippen molar-refractivity contribution in [2.75, 3.05) is 19.7 Å². The maximum Gasteiger partial charge on any atom is 0.258 e. The molecule has 2 N–H and O–H groups in total. The normalized spacial score (nSPS) is 19.0. The van der Waals surface area contributed by atoms with E-state index in [-0.39, 0.29) is 37.0 Å². The lowest BCUT2D eigenvalue weighted by Gasteiger charge is -2.39. The molecule has 3 amide bonds. The van der Waals surface area contributed by atoms with Gasteiger partial charge in [0.25, 0.3) is 17.7 Å². The van der Waals surface area contributed by atoms with Crippen LogP contribution >= 0.6 is 0 Å². The number of aryl methyl sites for hydroxylation is 3. The van der Waals surface area contributed by atoms with E-state index in [9.17, 15) is 14.4 Å². The number of ether oxygens (including phenoxy) is 2. The van der Waals surface area contributed by atoms with E-state index in [2.05, 4.69) is 15.6 Å². The van der Waals surface area contributed by atoms with E-state index in [4.69, 9.17) is 9.47 Å². The highest BCUT2D eigenvalue weighted by atomic mass is 16.5. The minimum Gasteiger partial charge on any atom is -0.488 e. The second-order valence-electron chi connectivity index (χ2n) is 11.3. The number of amides is 3. The fraction of sp³-hybridized carbons (Fsp3) is 0.294. The van der Waals surface area contributed by atoms with Crippen LogP contribution in [0.25, 0.3) is 10.9 Å².